The summed E-state index contributed by atoms with van der Waals surface area (Å²) in [6.07, 6.45) is 25.1. The van der Waals surface area contributed by atoms with Gasteiger partial charge in [-0.1, -0.05) is 111 Å². The topological polar surface area (TPSA) is 64.3 Å². The minimum atomic E-state index is -0.257. The third-order valence-corrected chi connectivity index (χ3v) is 13.0. The molecule has 4 aliphatic carbocycles. The lowest BCUT2D eigenvalue weighted by atomic mass is 9.47. The van der Waals surface area contributed by atoms with Crippen LogP contribution in [0.25, 0.3) is 0 Å². The van der Waals surface area contributed by atoms with Gasteiger partial charge in [0.2, 0.25) is 0 Å². The fourth-order valence-corrected chi connectivity index (χ4v) is 10.5. The molecule has 0 aliphatic heterocycles. The Morgan fingerprint density at radius 2 is 1.71 bits per heavy atom. The van der Waals surface area contributed by atoms with Crippen molar-refractivity contribution in [1.29, 1.82) is 0 Å². The van der Waals surface area contributed by atoms with Gasteiger partial charge in [-0.25, -0.2) is 4.79 Å². The van der Waals surface area contributed by atoms with E-state index in [-0.39, 0.29) is 18.2 Å². The second-order valence-corrected chi connectivity index (χ2v) is 16.2. The summed E-state index contributed by atoms with van der Waals surface area (Å²) in [4.78, 5) is 12.9. The number of alkyl carbamates (subject to hydrolysis) is 1. The van der Waals surface area contributed by atoms with Gasteiger partial charge in [0.25, 0.3) is 0 Å². The van der Waals surface area contributed by atoms with Crippen LogP contribution in [0.4, 0.5) is 4.79 Å². The number of amides is 1. The van der Waals surface area contributed by atoms with E-state index in [9.17, 15) is 4.79 Å². The molecule has 0 bridgehead atoms. The van der Waals surface area contributed by atoms with Gasteiger partial charge in [-0.2, -0.15) is 0 Å². The molecule has 0 radical (unpaired) electrons. The Balaban J connectivity index is 1.29. The fraction of sp³-hybridized carbons (Fsp3) is 0.921. The molecule has 0 aromatic carbocycles. The lowest BCUT2D eigenvalue weighted by Gasteiger charge is -2.58. The predicted octanol–water partition coefficient (Wildman–Crippen LogP) is 10.2. The zero-order valence-electron chi connectivity index (χ0n) is 28.5. The van der Waals surface area contributed by atoms with Crippen LogP contribution in [0.5, 0.6) is 0 Å². The fourth-order valence-electron chi connectivity index (χ4n) is 10.5. The predicted molar refractivity (Wildman–Crippen MR) is 177 cm³/mol. The number of ether oxygens (including phenoxy) is 1. The van der Waals surface area contributed by atoms with E-state index in [0.717, 1.165) is 67.6 Å². The molecule has 9 atom stereocenters. The van der Waals surface area contributed by atoms with E-state index < -0.39 is 0 Å². The number of carbonyl (C=O) groups is 1. The lowest BCUT2D eigenvalue weighted by molar-refractivity contribution is -0.0582. The molecule has 4 heteroatoms. The molecule has 0 saturated heterocycles. The van der Waals surface area contributed by atoms with Crippen LogP contribution in [0.3, 0.4) is 0 Å². The number of rotatable bonds is 15. The van der Waals surface area contributed by atoms with Crippen molar-refractivity contribution in [1.82, 2.24) is 5.32 Å². The number of hydrogen-bond acceptors (Lipinski definition) is 3. The summed E-state index contributed by atoms with van der Waals surface area (Å²) in [7, 11) is 0. The molecule has 0 heterocycles. The summed E-state index contributed by atoms with van der Waals surface area (Å²) in [5.74, 6) is 5.15. The summed E-state index contributed by atoms with van der Waals surface area (Å²) in [5.41, 5.74) is 8.43. The lowest BCUT2D eigenvalue weighted by Crippen LogP contribution is -2.51. The van der Waals surface area contributed by atoms with Gasteiger partial charge >= 0.3 is 6.09 Å². The summed E-state index contributed by atoms with van der Waals surface area (Å²) in [6, 6.07) is 0.0249. The Bertz CT molecular complexity index is 884. The number of fused-ring (bicyclic) bond motifs is 5. The Morgan fingerprint density at radius 1 is 0.952 bits per heavy atom. The SMILES string of the molecule is CCCCCCCCC(CN)NC(=O)OC1CC[C@@]2(C)C(=CCC3C2CC[C@@]2(C)C3CC[C@@H]2[C@H](C)CCCC(C)C)C1. The Hall–Kier alpha value is -1.03. The summed E-state index contributed by atoms with van der Waals surface area (Å²) in [6.45, 7) is 15.3. The van der Waals surface area contributed by atoms with Crippen LogP contribution in [0, 0.1) is 46.3 Å². The standard InChI is InChI=1S/C38H68N2O2/c1-7-8-9-10-11-12-16-30(26-39)40-36(41)42-31-21-23-37(5)29(25-31)17-18-32-34-20-19-33(28(4)15-13-14-27(2)3)38(34,6)24-22-35(32)37/h17,27-28,30-35H,7-16,18-26,39H2,1-6H3,(H,40,41)/t28-,30?,31?,32?,33-,34?,35?,37+,38-/m1/s1. The number of unbranched alkanes of at least 4 members (excludes halogenated alkanes) is 5. The summed E-state index contributed by atoms with van der Waals surface area (Å²) >= 11 is 0. The highest BCUT2D eigenvalue weighted by molar-refractivity contribution is 5.67. The van der Waals surface area contributed by atoms with Gasteiger partial charge in [0.1, 0.15) is 6.10 Å². The Labute approximate surface area is 260 Å². The van der Waals surface area contributed by atoms with Crippen LogP contribution in [-0.2, 0) is 4.74 Å². The third kappa shape index (κ3) is 7.78. The summed E-state index contributed by atoms with van der Waals surface area (Å²) < 4.78 is 6.04. The number of nitrogens with one attached hydrogen (secondary N) is 1. The van der Waals surface area contributed by atoms with Gasteiger partial charge in [-0.3, -0.25) is 0 Å². The van der Waals surface area contributed by atoms with Crippen LogP contribution < -0.4 is 11.1 Å². The van der Waals surface area contributed by atoms with Crippen LogP contribution in [0.2, 0.25) is 0 Å². The highest BCUT2D eigenvalue weighted by Crippen LogP contribution is 2.67. The van der Waals surface area contributed by atoms with Crippen molar-refractivity contribution in [2.75, 3.05) is 6.54 Å². The summed E-state index contributed by atoms with van der Waals surface area (Å²) in [5, 5.41) is 3.10. The van der Waals surface area contributed by atoms with Gasteiger partial charge in [-0.05, 0) is 97.7 Å². The molecule has 4 rings (SSSR count). The monoisotopic (exact) mass is 585 g/mol. The Morgan fingerprint density at radius 3 is 2.45 bits per heavy atom. The maximum atomic E-state index is 12.9. The molecular formula is C38H68N2O2. The van der Waals surface area contributed by atoms with Crippen LogP contribution in [0.15, 0.2) is 11.6 Å². The minimum Gasteiger partial charge on any atom is -0.446 e. The first kappa shape index (κ1) is 33.9. The van der Waals surface area contributed by atoms with Gasteiger partial charge in [0.05, 0.1) is 0 Å². The highest BCUT2D eigenvalue weighted by Gasteiger charge is 2.59. The van der Waals surface area contributed by atoms with Crippen LogP contribution >= 0.6 is 0 Å². The van der Waals surface area contributed by atoms with Crippen molar-refractivity contribution in [3.8, 4) is 0 Å². The maximum Gasteiger partial charge on any atom is 0.407 e. The van der Waals surface area contributed by atoms with Crippen LogP contribution in [-0.4, -0.2) is 24.8 Å². The first-order chi connectivity index (χ1) is 20.1. The van der Waals surface area contributed by atoms with Crippen molar-refractivity contribution in [3.05, 3.63) is 11.6 Å². The smallest absolute Gasteiger partial charge is 0.407 e. The van der Waals surface area contributed by atoms with E-state index in [4.69, 9.17) is 10.5 Å². The van der Waals surface area contributed by atoms with E-state index in [1.54, 1.807) is 5.57 Å². The zero-order chi connectivity index (χ0) is 30.3. The second-order valence-electron chi connectivity index (χ2n) is 16.2. The number of carbonyl (C=O) groups excluding carboxylic acids is 1. The van der Waals surface area contributed by atoms with E-state index in [2.05, 4.69) is 52.9 Å². The van der Waals surface area contributed by atoms with Gasteiger partial charge < -0.3 is 15.8 Å². The molecule has 0 spiro atoms. The maximum absolute atomic E-state index is 12.9. The molecule has 1 amide bonds. The largest absolute Gasteiger partial charge is 0.446 e. The Kier molecular flexibility index (Phi) is 12.3. The van der Waals surface area contributed by atoms with Gasteiger partial charge in [0, 0.05) is 19.0 Å². The highest BCUT2D eigenvalue weighted by atomic mass is 16.6. The molecular weight excluding hydrogens is 516 g/mol. The van der Waals surface area contributed by atoms with Crippen molar-refractivity contribution < 1.29 is 9.53 Å². The molecule has 4 nitrogen and oxygen atoms in total. The first-order valence-electron chi connectivity index (χ1n) is 18.5. The molecule has 3 saturated carbocycles. The van der Waals surface area contributed by atoms with Crippen molar-refractivity contribution >= 4 is 6.09 Å². The third-order valence-electron chi connectivity index (χ3n) is 13.0. The molecule has 42 heavy (non-hydrogen) atoms. The van der Waals surface area contributed by atoms with E-state index >= 15 is 0 Å². The molecule has 3 fully saturated rings. The van der Waals surface area contributed by atoms with Crippen LogP contribution in [0.1, 0.15) is 157 Å². The van der Waals surface area contributed by atoms with E-state index in [1.165, 1.54) is 83.5 Å². The average molecular weight is 585 g/mol. The molecule has 242 valence electrons. The second kappa shape index (κ2) is 15.3. The number of nitrogens with two attached hydrogens (primary N) is 1. The van der Waals surface area contributed by atoms with Gasteiger partial charge in [0.15, 0.2) is 0 Å². The molecule has 3 N–H and O–H groups in total. The number of hydrogen-bond donors (Lipinski definition) is 2. The number of allylic oxidation sites excluding steroid dienone is 1. The van der Waals surface area contributed by atoms with Crippen molar-refractivity contribution in [2.45, 2.75) is 169 Å². The zero-order valence-corrected chi connectivity index (χ0v) is 28.5. The molecule has 0 aromatic heterocycles. The van der Waals surface area contributed by atoms with Crippen molar-refractivity contribution in [2.24, 2.45) is 52.1 Å². The van der Waals surface area contributed by atoms with Crippen molar-refractivity contribution in [3.63, 3.8) is 0 Å². The molecule has 4 aliphatic rings. The first-order valence-corrected chi connectivity index (χ1v) is 18.5. The quantitative estimate of drug-likeness (QED) is 0.149. The normalized spacial score (nSPS) is 35.5. The molecule has 5 unspecified atom stereocenters. The average Bonchev–Trinajstić information content (AvgIpc) is 3.31. The molecule has 0 aromatic rings. The van der Waals surface area contributed by atoms with E-state index in [1.807, 2.05) is 0 Å². The van der Waals surface area contributed by atoms with Gasteiger partial charge in [-0.15, -0.1) is 0 Å². The van der Waals surface area contributed by atoms with E-state index in [0.29, 0.717) is 17.4 Å². The minimum absolute atomic E-state index is 0.00440.